The van der Waals surface area contributed by atoms with Crippen molar-refractivity contribution in [3.8, 4) is 0 Å². The van der Waals surface area contributed by atoms with Gasteiger partial charge in [-0.25, -0.2) is 0 Å². The zero-order chi connectivity index (χ0) is 15.0. The first-order valence-electron chi connectivity index (χ1n) is 6.72. The van der Waals surface area contributed by atoms with Crippen molar-refractivity contribution in [3.63, 3.8) is 0 Å². The van der Waals surface area contributed by atoms with Gasteiger partial charge in [-0.2, -0.15) is 0 Å². The van der Waals surface area contributed by atoms with Crippen LogP contribution in [0.15, 0.2) is 53.4 Å². The zero-order valence-corrected chi connectivity index (χ0v) is 12.7. The van der Waals surface area contributed by atoms with Crippen molar-refractivity contribution in [3.05, 3.63) is 59.7 Å². The highest BCUT2D eigenvalue weighted by atomic mass is 32.2. The van der Waals surface area contributed by atoms with E-state index in [0.717, 1.165) is 10.5 Å². The molecule has 0 aliphatic carbocycles. The molecule has 1 aliphatic rings. The van der Waals surface area contributed by atoms with Gasteiger partial charge < -0.3 is 4.90 Å². The summed E-state index contributed by atoms with van der Waals surface area (Å²) in [5.41, 5.74) is 2.46. The molecule has 0 radical (unpaired) electrons. The lowest BCUT2D eigenvalue weighted by Crippen LogP contribution is -2.44. The van der Waals surface area contributed by atoms with Gasteiger partial charge in [0.25, 0.3) is 0 Å². The van der Waals surface area contributed by atoms with E-state index in [0.29, 0.717) is 11.3 Å². The molecule has 0 fully saturated rings. The van der Waals surface area contributed by atoms with E-state index in [1.54, 1.807) is 24.1 Å². The number of benzene rings is 2. The molecule has 3 rings (SSSR count). The van der Waals surface area contributed by atoms with Crippen LogP contribution in [0.25, 0.3) is 0 Å². The summed E-state index contributed by atoms with van der Waals surface area (Å²) in [6.45, 7) is 2.01. The van der Waals surface area contributed by atoms with Crippen LogP contribution in [-0.4, -0.2) is 24.0 Å². The summed E-state index contributed by atoms with van der Waals surface area (Å²) in [7, 11) is 1.72. The average Bonchev–Trinajstić information content (AvgIpc) is 2.51. The second kappa shape index (κ2) is 5.37. The quantitative estimate of drug-likeness (QED) is 0.798. The summed E-state index contributed by atoms with van der Waals surface area (Å²) in [4.78, 5) is 27.5. The maximum Gasteiger partial charge on any atom is 0.248 e. The number of fused-ring (bicyclic) bond motifs is 1. The van der Waals surface area contributed by atoms with Gasteiger partial charge in [0.05, 0.1) is 5.69 Å². The van der Waals surface area contributed by atoms with Crippen LogP contribution in [0.1, 0.15) is 15.9 Å². The number of aryl methyl sites for hydroxylation is 1. The van der Waals surface area contributed by atoms with Crippen LogP contribution in [0.4, 0.5) is 5.69 Å². The second-order valence-electron chi connectivity index (χ2n) is 5.09. The molecule has 2 aromatic carbocycles. The fourth-order valence-electron chi connectivity index (χ4n) is 2.38. The monoisotopic (exact) mass is 297 g/mol. The molecular weight excluding hydrogens is 282 g/mol. The molecule has 0 saturated carbocycles. The van der Waals surface area contributed by atoms with Crippen LogP contribution in [0, 0.1) is 6.92 Å². The first kappa shape index (κ1) is 13.9. The summed E-state index contributed by atoms with van der Waals surface area (Å²) in [5.74, 6) is -0.274. The van der Waals surface area contributed by atoms with Crippen molar-refractivity contribution in [2.45, 2.75) is 17.1 Å². The van der Waals surface area contributed by atoms with Gasteiger partial charge in [0.2, 0.25) is 5.91 Å². The highest BCUT2D eigenvalue weighted by Gasteiger charge is 2.38. The largest absolute Gasteiger partial charge is 0.313 e. The predicted octanol–water partition coefficient (Wildman–Crippen LogP) is 3.32. The third kappa shape index (κ3) is 2.47. The SMILES string of the molecule is Cc1ccc(SC2C(=O)c3ccccc3N(C)C2=O)cc1. The summed E-state index contributed by atoms with van der Waals surface area (Å²) in [6, 6.07) is 15.1. The van der Waals surface area contributed by atoms with Crippen LogP contribution in [0.3, 0.4) is 0 Å². The van der Waals surface area contributed by atoms with Crippen LogP contribution < -0.4 is 4.90 Å². The number of carbonyl (C=O) groups is 2. The van der Waals surface area contributed by atoms with Crippen LogP contribution in [-0.2, 0) is 4.79 Å². The fraction of sp³-hybridized carbons (Fsp3) is 0.176. The maximum atomic E-state index is 12.6. The van der Waals surface area contributed by atoms with Gasteiger partial charge in [-0.3, -0.25) is 9.59 Å². The van der Waals surface area contributed by atoms with Gasteiger partial charge in [-0.05, 0) is 31.2 Å². The van der Waals surface area contributed by atoms with E-state index in [4.69, 9.17) is 0 Å². The topological polar surface area (TPSA) is 37.4 Å². The molecular formula is C17H15NO2S. The number of anilines is 1. The number of rotatable bonds is 2. The second-order valence-corrected chi connectivity index (χ2v) is 6.27. The minimum Gasteiger partial charge on any atom is -0.313 e. The molecule has 4 heteroatoms. The number of ketones is 1. The Labute approximate surface area is 128 Å². The summed E-state index contributed by atoms with van der Waals surface area (Å²) >= 11 is 1.32. The molecule has 0 N–H and O–H groups in total. The third-order valence-corrected chi connectivity index (χ3v) is 4.79. The van der Waals surface area contributed by atoms with E-state index in [1.807, 2.05) is 43.3 Å². The van der Waals surface area contributed by atoms with Crippen LogP contribution >= 0.6 is 11.8 Å². The number of nitrogens with zero attached hydrogens (tertiary/aromatic N) is 1. The molecule has 0 bridgehead atoms. The number of carbonyl (C=O) groups excluding carboxylic acids is 2. The van der Waals surface area contributed by atoms with Crippen molar-refractivity contribution in [2.75, 3.05) is 11.9 Å². The fourth-order valence-corrected chi connectivity index (χ4v) is 3.44. The molecule has 3 nitrogen and oxygen atoms in total. The van der Waals surface area contributed by atoms with Gasteiger partial charge in [-0.1, -0.05) is 29.8 Å². The molecule has 1 heterocycles. The number of para-hydroxylation sites is 1. The highest BCUT2D eigenvalue weighted by molar-refractivity contribution is 8.01. The van der Waals surface area contributed by atoms with Crippen molar-refractivity contribution in [2.24, 2.45) is 0 Å². The Hall–Kier alpha value is -2.07. The van der Waals surface area contributed by atoms with E-state index < -0.39 is 5.25 Å². The van der Waals surface area contributed by atoms with Gasteiger partial charge in [0.15, 0.2) is 11.0 Å². The van der Waals surface area contributed by atoms with E-state index >= 15 is 0 Å². The summed E-state index contributed by atoms with van der Waals surface area (Å²) in [6.07, 6.45) is 0. The smallest absolute Gasteiger partial charge is 0.248 e. The Morgan fingerprint density at radius 3 is 2.38 bits per heavy atom. The Balaban J connectivity index is 1.95. The number of thioether (sulfide) groups is 1. The lowest BCUT2D eigenvalue weighted by atomic mass is 10.00. The predicted molar refractivity (Wildman–Crippen MR) is 85.0 cm³/mol. The van der Waals surface area contributed by atoms with E-state index in [1.165, 1.54) is 11.8 Å². The van der Waals surface area contributed by atoms with Gasteiger partial charge >= 0.3 is 0 Å². The Bertz CT molecular complexity index is 709. The third-order valence-electron chi connectivity index (χ3n) is 3.60. The van der Waals surface area contributed by atoms with Gasteiger partial charge in [0, 0.05) is 17.5 Å². The molecule has 1 unspecified atom stereocenters. The first-order chi connectivity index (χ1) is 10.1. The highest BCUT2D eigenvalue weighted by Crippen LogP contribution is 2.34. The van der Waals surface area contributed by atoms with Gasteiger partial charge in [0.1, 0.15) is 0 Å². The number of hydrogen-bond acceptors (Lipinski definition) is 3. The molecule has 2 aromatic rings. The van der Waals surface area contributed by atoms with Crippen LogP contribution in [0.2, 0.25) is 0 Å². The van der Waals surface area contributed by atoms with Crippen LogP contribution in [0.5, 0.6) is 0 Å². The summed E-state index contributed by atoms with van der Waals surface area (Å²) < 4.78 is 0. The standard InChI is InChI=1S/C17H15NO2S/c1-11-7-9-12(10-8-11)21-16-15(19)13-5-3-4-6-14(13)18(2)17(16)20/h3-10,16H,1-2H3. The Morgan fingerprint density at radius 1 is 1.00 bits per heavy atom. The number of Topliss-reactive ketones (excluding diaryl/α,β-unsaturated/α-hetero) is 1. The molecule has 21 heavy (non-hydrogen) atoms. The van der Waals surface area contributed by atoms with Crippen molar-refractivity contribution in [1.29, 1.82) is 0 Å². The zero-order valence-electron chi connectivity index (χ0n) is 11.9. The van der Waals surface area contributed by atoms with Crippen molar-refractivity contribution in [1.82, 2.24) is 0 Å². The molecule has 0 saturated heterocycles. The minimum atomic E-state index is -0.701. The van der Waals surface area contributed by atoms with E-state index in [-0.39, 0.29) is 11.7 Å². The summed E-state index contributed by atoms with van der Waals surface area (Å²) in [5, 5.41) is -0.701. The normalized spacial score (nSPS) is 17.8. The molecule has 0 aromatic heterocycles. The van der Waals surface area contributed by atoms with E-state index in [9.17, 15) is 9.59 Å². The molecule has 0 spiro atoms. The lowest BCUT2D eigenvalue weighted by Gasteiger charge is -2.30. The van der Waals surface area contributed by atoms with Crippen molar-refractivity contribution >= 4 is 29.1 Å². The Kier molecular flexibility index (Phi) is 3.55. The molecule has 1 atom stereocenters. The molecule has 106 valence electrons. The first-order valence-corrected chi connectivity index (χ1v) is 7.60. The minimum absolute atomic E-state index is 0.112. The Morgan fingerprint density at radius 2 is 1.67 bits per heavy atom. The number of amides is 1. The average molecular weight is 297 g/mol. The lowest BCUT2D eigenvalue weighted by molar-refractivity contribution is -0.117. The van der Waals surface area contributed by atoms with Crippen molar-refractivity contribution < 1.29 is 9.59 Å². The van der Waals surface area contributed by atoms with E-state index in [2.05, 4.69) is 0 Å². The molecule has 1 amide bonds. The van der Waals surface area contributed by atoms with Gasteiger partial charge in [-0.15, -0.1) is 11.8 Å². The molecule has 1 aliphatic heterocycles. The maximum absolute atomic E-state index is 12.6. The number of hydrogen-bond donors (Lipinski definition) is 0.